The van der Waals surface area contributed by atoms with Crippen molar-refractivity contribution in [1.82, 2.24) is 0 Å². The van der Waals surface area contributed by atoms with Crippen LogP contribution in [0, 0.1) is 6.92 Å². The predicted octanol–water partition coefficient (Wildman–Crippen LogP) is 3.75. The molecule has 2 aromatic rings. The van der Waals surface area contributed by atoms with Gasteiger partial charge in [-0.1, -0.05) is 11.6 Å². The first kappa shape index (κ1) is 19.0. The number of rotatable bonds is 5. The van der Waals surface area contributed by atoms with Crippen molar-refractivity contribution in [3.8, 4) is 5.75 Å². The first-order valence-electron chi connectivity index (χ1n) is 8.75. The SMILES string of the molecule is Cc1cc(N2CCCC2)ccc1NC(=O)COC(=O)c1ccc(Cl)cc1O. The summed E-state index contributed by atoms with van der Waals surface area (Å²) in [4.78, 5) is 26.4. The van der Waals surface area contributed by atoms with Gasteiger partial charge in [0.15, 0.2) is 6.61 Å². The Kier molecular flexibility index (Phi) is 5.86. The van der Waals surface area contributed by atoms with E-state index in [1.54, 1.807) is 0 Å². The van der Waals surface area contributed by atoms with E-state index in [1.165, 1.54) is 31.0 Å². The molecule has 0 aliphatic carbocycles. The van der Waals surface area contributed by atoms with E-state index in [0.717, 1.165) is 24.3 Å². The lowest BCUT2D eigenvalue weighted by Gasteiger charge is -2.19. The van der Waals surface area contributed by atoms with Gasteiger partial charge in [-0.15, -0.1) is 0 Å². The zero-order chi connectivity index (χ0) is 19.4. The molecule has 0 bridgehead atoms. The topological polar surface area (TPSA) is 78.9 Å². The largest absolute Gasteiger partial charge is 0.507 e. The molecular weight excluding hydrogens is 368 g/mol. The number of hydrogen-bond acceptors (Lipinski definition) is 5. The van der Waals surface area contributed by atoms with Gasteiger partial charge >= 0.3 is 5.97 Å². The number of aromatic hydroxyl groups is 1. The molecule has 0 radical (unpaired) electrons. The van der Waals surface area contributed by atoms with Gasteiger partial charge in [0.2, 0.25) is 0 Å². The number of aryl methyl sites for hydroxylation is 1. The maximum absolute atomic E-state index is 12.1. The van der Waals surface area contributed by atoms with Gasteiger partial charge in [-0.2, -0.15) is 0 Å². The fourth-order valence-corrected chi connectivity index (χ4v) is 3.20. The predicted molar refractivity (Wildman–Crippen MR) is 105 cm³/mol. The summed E-state index contributed by atoms with van der Waals surface area (Å²) >= 11 is 5.73. The molecule has 0 aromatic heterocycles. The second-order valence-corrected chi connectivity index (χ2v) is 6.92. The fourth-order valence-electron chi connectivity index (χ4n) is 3.03. The summed E-state index contributed by atoms with van der Waals surface area (Å²) in [5, 5.41) is 12.8. The smallest absolute Gasteiger partial charge is 0.342 e. The van der Waals surface area contributed by atoms with Crippen LogP contribution in [0.25, 0.3) is 0 Å². The van der Waals surface area contributed by atoms with E-state index in [-0.39, 0.29) is 11.3 Å². The monoisotopic (exact) mass is 388 g/mol. The van der Waals surface area contributed by atoms with Gasteiger partial charge in [0, 0.05) is 29.5 Å². The molecule has 1 saturated heterocycles. The number of anilines is 2. The fraction of sp³-hybridized carbons (Fsp3) is 0.300. The minimum atomic E-state index is -0.791. The highest BCUT2D eigenvalue weighted by atomic mass is 35.5. The lowest BCUT2D eigenvalue weighted by molar-refractivity contribution is -0.119. The quantitative estimate of drug-likeness (QED) is 0.762. The number of phenolic OH excluding ortho intramolecular Hbond substituents is 1. The van der Waals surface area contributed by atoms with Crippen molar-refractivity contribution in [3.63, 3.8) is 0 Å². The number of nitrogens with zero attached hydrogens (tertiary/aromatic N) is 1. The molecule has 6 nitrogen and oxygen atoms in total. The van der Waals surface area contributed by atoms with Gasteiger partial charge in [-0.25, -0.2) is 4.79 Å². The Morgan fingerprint density at radius 2 is 1.93 bits per heavy atom. The molecule has 27 heavy (non-hydrogen) atoms. The molecule has 0 spiro atoms. The molecule has 3 rings (SSSR count). The van der Waals surface area contributed by atoms with Crippen LogP contribution >= 0.6 is 11.6 Å². The van der Waals surface area contributed by atoms with Crippen molar-refractivity contribution in [2.45, 2.75) is 19.8 Å². The maximum Gasteiger partial charge on any atom is 0.342 e. The van der Waals surface area contributed by atoms with Crippen LogP contribution in [0.15, 0.2) is 36.4 Å². The van der Waals surface area contributed by atoms with Crippen LogP contribution in [0.3, 0.4) is 0 Å². The van der Waals surface area contributed by atoms with E-state index in [4.69, 9.17) is 16.3 Å². The zero-order valence-electron chi connectivity index (χ0n) is 15.0. The minimum absolute atomic E-state index is 0.0432. The number of amides is 1. The third-order valence-electron chi connectivity index (χ3n) is 4.47. The van der Waals surface area contributed by atoms with Crippen LogP contribution in [0.2, 0.25) is 5.02 Å². The molecule has 142 valence electrons. The van der Waals surface area contributed by atoms with E-state index < -0.39 is 18.5 Å². The van der Waals surface area contributed by atoms with Gasteiger partial charge in [-0.3, -0.25) is 4.79 Å². The zero-order valence-corrected chi connectivity index (χ0v) is 15.8. The molecule has 2 aromatic carbocycles. The van der Waals surface area contributed by atoms with Crippen molar-refractivity contribution < 1.29 is 19.4 Å². The highest BCUT2D eigenvalue weighted by molar-refractivity contribution is 6.30. The molecule has 7 heteroatoms. The number of phenols is 1. The molecule has 0 unspecified atom stereocenters. The van der Waals surface area contributed by atoms with Crippen molar-refractivity contribution >= 4 is 34.9 Å². The minimum Gasteiger partial charge on any atom is -0.507 e. The molecule has 1 amide bonds. The Bertz CT molecular complexity index is 863. The number of halogens is 1. The van der Waals surface area contributed by atoms with E-state index in [1.807, 2.05) is 25.1 Å². The second kappa shape index (κ2) is 8.31. The summed E-state index contributed by atoms with van der Waals surface area (Å²) in [5.74, 6) is -1.53. The van der Waals surface area contributed by atoms with Crippen molar-refractivity contribution in [2.75, 3.05) is 29.9 Å². The normalized spacial score (nSPS) is 13.5. The van der Waals surface area contributed by atoms with Gasteiger partial charge in [0.1, 0.15) is 11.3 Å². The number of nitrogens with one attached hydrogen (secondary N) is 1. The Morgan fingerprint density at radius 1 is 1.19 bits per heavy atom. The maximum atomic E-state index is 12.1. The Morgan fingerprint density at radius 3 is 2.59 bits per heavy atom. The second-order valence-electron chi connectivity index (χ2n) is 6.48. The number of ether oxygens (including phenoxy) is 1. The van der Waals surface area contributed by atoms with E-state index >= 15 is 0 Å². The summed E-state index contributed by atoms with van der Waals surface area (Å²) < 4.78 is 4.97. The summed E-state index contributed by atoms with van der Waals surface area (Å²) in [7, 11) is 0. The first-order valence-corrected chi connectivity index (χ1v) is 9.13. The Labute approximate surface area is 162 Å². The van der Waals surface area contributed by atoms with Crippen LogP contribution in [0.5, 0.6) is 5.75 Å². The number of carbonyl (C=O) groups excluding carboxylic acids is 2. The molecule has 1 aliphatic rings. The van der Waals surface area contributed by atoms with E-state index in [2.05, 4.69) is 10.2 Å². The first-order chi connectivity index (χ1) is 12.9. The number of carbonyl (C=O) groups is 2. The number of hydrogen-bond donors (Lipinski definition) is 2. The van der Waals surface area contributed by atoms with Crippen molar-refractivity contribution in [3.05, 3.63) is 52.5 Å². The summed E-state index contributed by atoms with van der Waals surface area (Å²) in [5.41, 5.74) is 2.72. The van der Waals surface area contributed by atoms with Gasteiger partial charge in [-0.05, 0) is 61.7 Å². The van der Waals surface area contributed by atoms with Gasteiger partial charge in [0.25, 0.3) is 5.91 Å². The molecular formula is C20H21ClN2O4. The van der Waals surface area contributed by atoms with Gasteiger partial charge < -0.3 is 20.1 Å². The van der Waals surface area contributed by atoms with Crippen molar-refractivity contribution in [2.24, 2.45) is 0 Å². The average Bonchev–Trinajstić information content (AvgIpc) is 3.16. The summed E-state index contributed by atoms with van der Waals surface area (Å²) in [6.07, 6.45) is 2.40. The highest BCUT2D eigenvalue weighted by Gasteiger charge is 2.16. The van der Waals surface area contributed by atoms with Crippen LogP contribution in [0.1, 0.15) is 28.8 Å². The third-order valence-corrected chi connectivity index (χ3v) is 4.70. The highest BCUT2D eigenvalue weighted by Crippen LogP contribution is 2.26. The van der Waals surface area contributed by atoms with Crippen LogP contribution in [0.4, 0.5) is 11.4 Å². The molecule has 2 N–H and O–H groups in total. The third kappa shape index (κ3) is 4.71. The molecule has 1 aliphatic heterocycles. The van der Waals surface area contributed by atoms with E-state index in [9.17, 15) is 14.7 Å². The molecule has 0 saturated carbocycles. The van der Waals surface area contributed by atoms with E-state index in [0.29, 0.717) is 10.7 Å². The lowest BCUT2D eigenvalue weighted by Crippen LogP contribution is -2.22. The molecule has 1 heterocycles. The molecule has 1 fully saturated rings. The van der Waals surface area contributed by atoms with Crippen LogP contribution < -0.4 is 10.2 Å². The average molecular weight is 389 g/mol. The lowest BCUT2D eigenvalue weighted by atomic mass is 10.1. The van der Waals surface area contributed by atoms with Crippen molar-refractivity contribution in [1.29, 1.82) is 0 Å². The molecule has 0 atom stereocenters. The Hall–Kier alpha value is -2.73. The standard InChI is InChI=1S/C20H21ClN2O4/c1-13-10-15(23-8-2-3-9-23)5-7-17(13)22-19(25)12-27-20(26)16-6-4-14(21)11-18(16)24/h4-7,10-11,24H,2-3,8-9,12H2,1H3,(H,22,25). The summed E-state index contributed by atoms with van der Waals surface area (Å²) in [6.45, 7) is 3.58. The van der Waals surface area contributed by atoms with Crippen LogP contribution in [-0.2, 0) is 9.53 Å². The Balaban J connectivity index is 1.56. The van der Waals surface area contributed by atoms with Crippen LogP contribution in [-0.4, -0.2) is 36.7 Å². The summed E-state index contributed by atoms with van der Waals surface area (Å²) in [6, 6.07) is 9.92. The van der Waals surface area contributed by atoms with Gasteiger partial charge in [0.05, 0.1) is 0 Å². The number of benzene rings is 2. The number of esters is 1.